The molecule has 2 aliphatic heterocycles. The molecule has 5 nitrogen and oxygen atoms in total. The molecule has 1 fully saturated rings. The average molecular weight is 498 g/mol. The van der Waals surface area contributed by atoms with E-state index >= 15 is 0 Å². The molecular weight excluding hydrogens is 463 g/mol. The van der Waals surface area contributed by atoms with Crippen molar-refractivity contribution in [3.8, 4) is 5.75 Å². The number of hydrogen-bond donors (Lipinski definition) is 1. The number of guanidine groups is 1. The number of hydrogen-bond acceptors (Lipinski definition) is 3. The van der Waals surface area contributed by atoms with Crippen LogP contribution in [0.3, 0.4) is 0 Å². The van der Waals surface area contributed by atoms with E-state index in [0.717, 1.165) is 44.4 Å². The first-order valence-electron chi connectivity index (χ1n) is 10.3. The van der Waals surface area contributed by atoms with Gasteiger partial charge in [0.05, 0.1) is 6.54 Å². The van der Waals surface area contributed by atoms with Crippen LogP contribution in [-0.4, -0.2) is 67.7 Å². The summed E-state index contributed by atoms with van der Waals surface area (Å²) in [5.74, 6) is 2.46. The first-order chi connectivity index (χ1) is 13.2. The minimum absolute atomic E-state index is 0. The normalized spacial score (nSPS) is 19.9. The molecule has 2 aliphatic rings. The molecular formula is C22H35IN4O. The van der Waals surface area contributed by atoms with Crippen LogP contribution in [0.4, 0.5) is 0 Å². The fraction of sp³-hybridized carbons (Fsp3) is 0.591. The SMILES string of the molecule is CCNC(=NCCOc1ccccc1C(C)C)N1CCC(N2CC=CC2)C1.I. The summed E-state index contributed by atoms with van der Waals surface area (Å²) in [6, 6.07) is 8.94. The van der Waals surface area contributed by atoms with Gasteiger partial charge in [0.25, 0.3) is 0 Å². The van der Waals surface area contributed by atoms with Gasteiger partial charge in [-0.15, -0.1) is 24.0 Å². The summed E-state index contributed by atoms with van der Waals surface area (Å²) in [5.41, 5.74) is 1.26. The van der Waals surface area contributed by atoms with Gasteiger partial charge in [0.2, 0.25) is 0 Å². The van der Waals surface area contributed by atoms with E-state index in [-0.39, 0.29) is 24.0 Å². The Morgan fingerprint density at radius 1 is 1.25 bits per heavy atom. The van der Waals surface area contributed by atoms with Gasteiger partial charge in [-0.3, -0.25) is 4.90 Å². The Hall–Kier alpha value is -1.28. The number of likely N-dealkylation sites (tertiary alicyclic amines) is 1. The third-order valence-corrected chi connectivity index (χ3v) is 5.31. The van der Waals surface area contributed by atoms with Crippen molar-refractivity contribution in [2.75, 3.05) is 45.9 Å². The molecule has 0 aromatic heterocycles. The molecule has 1 saturated heterocycles. The van der Waals surface area contributed by atoms with E-state index in [1.807, 2.05) is 6.07 Å². The second kappa shape index (κ2) is 11.7. The van der Waals surface area contributed by atoms with Crippen molar-refractivity contribution in [1.29, 1.82) is 0 Å². The molecule has 0 radical (unpaired) electrons. The van der Waals surface area contributed by atoms with Gasteiger partial charge in [0.15, 0.2) is 5.96 Å². The van der Waals surface area contributed by atoms with E-state index in [0.29, 0.717) is 25.1 Å². The highest BCUT2D eigenvalue weighted by atomic mass is 127. The molecule has 6 heteroatoms. The Morgan fingerprint density at radius 2 is 2.00 bits per heavy atom. The van der Waals surface area contributed by atoms with Crippen LogP contribution in [0.1, 0.15) is 38.7 Å². The molecule has 1 N–H and O–H groups in total. The standard InChI is InChI=1S/C22H34N4O.HI/c1-4-23-22(26-15-11-19(17-26)25-13-7-8-14-25)24-12-16-27-21-10-6-5-9-20(21)18(2)3;/h5-10,18-19H,4,11-17H2,1-3H3,(H,23,24);1H. The number of nitrogens with one attached hydrogen (secondary N) is 1. The summed E-state index contributed by atoms with van der Waals surface area (Å²) < 4.78 is 6.02. The predicted octanol–water partition coefficient (Wildman–Crippen LogP) is 3.72. The van der Waals surface area contributed by atoms with E-state index in [2.05, 4.69) is 66.2 Å². The third-order valence-electron chi connectivity index (χ3n) is 5.31. The minimum atomic E-state index is 0. The molecule has 0 saturated carbocycles. The van der Waals surface area contributed by atoms with Crippen LogP contribution in [0.15, 0.2) is 41.4 Å². The Bertz CT molecular complexity index is 654. The number of nitrogens with zero attached hydrogens (tertiary/aromatic N) is 3. The lowest BCUT2D eigenvalue weighted by Crippen LogP contribution is -2.43. The minimum Gasteiger partial charge on any atom is -0.491 e. The zero-order valence-electron chi connectivity index (χ0n) is 17.4. The summed E-state index contributed by atoms with van der Waals surface area (Å²) in [5, 5.41) is 3.45. The fourth-order valence-electron chi connectivity index (χ4n) is 3.85. The van der Waals surface area contributed by atoms with E-state index in [9.17, 15) is 0 Å². The molecule has 28 heavy (non-hydrogen) atoms. The first kappa shape index (κ1) is 23.0. The number of ether oxygens (including phenoxy) is 1. The zero-order valence-corrected chi connectivity index (χ0v) is 19.8. The lowest BCUT2D eigenvalue weighted by Gasteiger charge is -2.25. The highest BCUT2D eigenvalue weighted by Gasteiger charge is 2.29. The van der Waals surface area contributed by atoms with Gasteiger partial charge in [0, 0.05) is 38.8 Å². The molecule has 1 unspecified atom stereocenters. The quantitative estimate of drug-likeness (QED) is 0.205. The predicted molar refractivity (Wildman–Crippen MR) is 128 cm³/mol. The number of para-hydroxylation sites is 1. The van der Waals surface area contributed by atoms with E-state index in [4.69, 9.17) is 9.73 Å². The Labute approximate surface area is 187 Å². The Morgan fingerprint density at radius 3 is 2.71 bits per heavy atom. The van der Waals surface area contributed by atoms with Gasteiger partial charge in [-0.25, -0.2) is 4.99 Å². The number of benzene rings is 1. The van der Waals surface area contributed by atoms with Crippen LogP contribution >= 0.6 is 24.0 Å². The van der Waals surface area contributed by atoms with Gasteiger partial charge in [0.1, 0.15) is 12.4 Å². The lowest BCUT2D eigenvalue weighted by molar-refractivity contribution is 0.259. The number of aliphatic imine (C=N–C) groups is 1. The maximum atomic E-state index is 6.02. The first-order valence-corrected chi connectivity index (χ1v) is 10.3. The molecule has 0 aliphatic carbocycles. The summed E-state index contributed by atoms with van der Waals surface area (Å²) >= 11 is 0. The third kappa shape index (κ3) is 6.11. The highest BCUT2D eigenvalue weighted by Crippen LogP contribution is 2.25. The summed E-state index contributed by atoms with van der Waals surface area (Å²) in [6.45, 7) is 13.0. The van der Waals surface area contributed by atoms with Crippen LogP contribution in [-0.2, 0) is 0 Å². The van der Waals surface area contributed by atoms with E-state index in [1.54, 1.807) is 0 Å². The molecule has 1 atom stereocenters. The summed E-state index contributed by atoms with van der Waals surface area (Å²) in [6.07, 6.45) is 5.76. The van der Waals surface area contributed by atoms with Crippen LogP contribution in [0, 0.1) is 0 Å². The highest BCUT2D eigenvalue weighted by molar-refractivity contribution is 14.0. The largest absolute Gasteiger partial charge is 0.491 e. The van der Waals surface area contributed by atoms with Crippen molar-refractivity contribution < 1.29 is 4.74 Å². The summed E-state index contributed by atoms with van der Waals surface area (Å²) in [4.78, 5) is 9.77. The van der Waals surface area contributed by atoms with Gasteiger partial charge in [-0.05, 0) is 30.9 Å². The van der Waals surface area contributed by atoms with E-state index in [1.165, 1.54) is 12.0 Å². The number of halogens is 1. The van der Waals surface area contributed by atoms with Crippen molar-refractivity contribution in [1.82, 2.24) is 15.1 Å². The van der Waals surface area contributed by atoms with Gasteiger partial charge in [-0.2, -0.15) is 0 Å². The second-order valence-electron chi connectivity index (χ2n) is 7.59. The lowest BCUT2D eigenvalue weighted by atomic mass is 10.0. The summed E-state index contributed by atoms with van der Waals surface area (Å²) in [7, 11) is 0. The molecule has 156 valence electrons. The average Bonchev–Trinajstić information content (AvgIpc) is 3.36. The molecule has 3 rings (SSSR count). The van der Waals surface area contributed by atoms with Crippen LogP contribution in [0.5, 0.6) is 5.75 Å². The van der Waals surface area contributed by atoms with Gasteiger partial charge >= 0.3 is 0 Å². The molecule has 0 spiro atoms. The van der Waals surface area contributed by atoms with Crippen molar-refractivity contribution in [2.45, 2.75) is 39.2 Å². The van der Waals surface area contributed by atoms with Crippen LogP contribution in [0.2, 0.25) is 0 Å². The monoisotopic (exact) mass is 498 g/mol. The van der Waals surface area contributed by atoms with Crippen molar-refractivity contribution in [2.24, 2.45) is 4.99 Å². The number of rotatable bonds is 7. The fourth-order valence-corrected chi connectivity index (χ4v) is 3.85. The maximum absolute atomic E-state index is 6.02. The molecule has 0 amide bonds. The second-order valence-corrected chi connectivity index (χ2v) is 7.59. The topological polar surface area (TPSA) is 40.1 Å². The van der Waals surface area contributed by atoms with Crippen LogP contribution in [0.25, 0.3) is 0 Å². The molecule has 1 aromatic carbocycles. The Kier molecular flexibility index (Phi) is 9.58. The van der Waals surface area contributed by atoms with Crippen LogP contribution < -0.4 is 10.1 Å². The molecule has 2 heterocycles. The Balaban J connectivity index is 0.00000280. The van der Waals surface area contributed by atoms with Crippen molar-refractivity contribution in [3.63, 3.8) is 0 Å². The maximum Gasteiger partial charge on any atom is 0.194 e. The van der Waals surface area contributed by atoms with E-state index < -0.39 is 0 Å². The zero-order chi connectivity index (χ0) is 19.1. The van der Waals surface area contributed by atoms with Crippen molar-refractivity contribution in [3.05, 3.63) is 42.0 Å². The van der Waals surface area contributed by atoms with Gasteiger partial charge < -0.3 is 15.0 Å². The smallest absolute Gasteiger partial charge is 0.194 e. The molecule has 1 aromatic rings. The molecule has 0 bridgehead atoms. The van der Waals surface area contributed by atoms with Crippen molar-refractivity contribution >= 4 is 29.9 Å². The van der Waals surface area contributed by atoms with Gasteiger partial charge in [-0.1, -0.05) is 44.2 Å².